The van der Waals surface area contributed by atoms with Crippen LogP contribution >= 0.6 is 0 Å². The maximum absolute atomic E-state index is 12.1. The van der Waals surface area contributed by atoms with Gasteiger partial charge in [-0.15, -0.1) is 0 Å². The molecule has 0 saturated carbocycles. The van der Waals surface area contributed by atoms with Crippen LogP contribution in [0.3, 0.4) is 0 Å². The maximum atomic E-state index is 12.1. The number of carbonyl (C=O) groups is 1. The Balaban J connectivity index is 2.48. The Morgan fingerprint density at radius 2 is 2.25 bits per heavy atom. The number of nitrogens with zero attached hydrogens (tertiary/aromatic N) is 1. The number of rotatable bonds is 5. The van der Waals surface area contributed by atoms with Gasteiger partial charge < -0.3 is 10.2 Å². The predicted molar refractivity (Wildman–Crippen MR) is 67.4 cm³/mol. The van der Waals surface area contributed by atoms with Crippen LogP contribution in [0.1, 0.15) is 46.5 Å². The van der Waals surface area contributed by atoms with E-state index in [1.54, 1.807) is 0 Å². The summed E-state index contributed by atoms with van der Waals surface area (Å²) >= 11 is 0. The van der Waals surface area contributed by atoms with Gasteiger partial charge in [0.05, 0.1) is 0 Å². The minimum absolute atomic E-state index is 0.338. The van der Waals surface area contributed by atoms with Gasteiger partial charge in [0.1, 0.15) is 0 Å². The SMILES string of the molecule is CCC(C)CC(=O)N(CC)C1CCCNC1. The molecule has 1 rings (SSSR count). The Morgan fingerprint density at radius 3 is 2.75 bits per heavy atom. The van der Waals surface area contributed by atoms with Crippen molar-refractivity contribution in [3.8, 4) is 0 Å². The van der Waals surface area contributed by atoms with E-state index in [1.165, 1.54) is 6.42 Å². The molecule has 94 valence electrons. The first kappa shape index (κ1) is 13.5. The van der Waals surface area contributed by atoms with Crippen LogP contribution in [-0.4, -0.2) is 36.5 Å². The van der Waals surface area contributed by atoms with E-state index in [9.17, 15) is 4.79 Å². The molecule has 3 heteroatoms. The van der Waals surface area contributed by atoms with Crippen LogP contribution in [0.5, 0.6) is 0 Å². The molecule has 0 bridgehead atoms. The molecule has 1 aliphatic rings. The maximum Gasteiger partial charge on any atom is 0.223 e. The molecule has 2 atom stereocenters. The van der Waals surface area contributed by atoms with Crippen LogP contribution in [0, 0.1) is 5.92 Å². The number of likely N-dealkylation sites (N-methyl/N-ethyl adjacent to an activating group) is 1. The van der Waals surface area contributed by atoms with Gasteiger partial charge in [-0.2, -0.15) is 0 Å². The third kappa shape index (κ3) is 3.78. The summed E-state index contributed by atoms with van der Waals surface area (Å²) in [5, 5.41) is 3.38. The highest BCUT2D eigenvalue weighted by Crippen LogP contribution is 2.15. The molecule has 16 heavy (non-hydrogen) atoms. The van der Waals surface area contributed by atoms with E-state index in [0.29, 0.717) is 24.3 Å². The highest BCUT2D eigenvalue weighted by molar-refractivity contribution is 5.76. The summed E-state index contributed by atoms with van der Waals surface area (Å²) in [6.45, 7) is 9.32. The molecule has 0 radical (unpaired) electrons. The van der Waals surface area contributed by atoms with Gasteiger partial charge in [-0.3, -0.25) is 4.79 Å². The second kappa shape index (κ2) is 6.89. The van der Waals surface area contributed by atoms with Crippen molar-refractivity contribution in [2.24, 2.45) is 5.92 Å². The van der Waals surface area contributed by atoms with Crippen LogP contribution in [0.25, 0.3) is 0 Å². The Hall–Kier alpha value is -0.570. The molecule has 3 nitrogen and oxygen atoms in total. The fourth-order valence-corrected chi connectivity index (χ4v) is 2.30. The number of piperidine rings is 1. The van der Waals surface area contributed by atoms with Crippen molar-refractivity contribution in [1.29, 1.82) is 0 Å². The van der Waals surface area contributed by atoms with Crippen molar-refractivity contribution in [1.82, 2.24) is 10.2 Å². The summed E-state index contributed by atoms with van der Waals surface area (Å²) in [4.78, 5) is 14.2. The zero-order chi connectivity index (χ0) is 12.0. The first-order valence-corrected chi connectivity index (χ1v) is 6.69. The third-order valence-electron chi connectivity index (χ3n) is 3.59. The summed E-state index contributed by atoms with van der Waals surface area (Å²) in [6.07, 6.45) is 4.15. The Kier molecular flexibility index (Phi) is 5.81. The molecule has 0 aromatic rings. The molecular formula is C13H26N2O. The average molecular weight is 226 g/mol. The molecule has 1 aliphatic heterocycles. The summed E-state index contributed by atoms with van der Waals surface area (Å²) in [7, 11) is 0. The van der Waals surface area contributed by atoms with E-state index in [2.05, 4.69) is 31.0 Å². The zero-order valence-corrected chi connectivity index (χ0v) is 11.0. The largest absolute Gasteiger partial charge is 0.339 e. The minimum atomic E-state index is 0.338. The lowest BCUT2D eigenvalue weighted by atomic mass is 10.0. The molecule has 0 spiro atoms. The van der Waals surface area contributed by atoms with E-state index in [4.69, 9.17) is 0 Å². The standard InChI is InChI=1S/C13H26N2O/c1-4-11(3)9-13(16)15(5-2)12-7-6-8-14-10-12/h11-12,14H,4-10H2,1-3H3. The third-order valence-corrected chi connectivity index (χ3v) is 3.59. The number of hydrogen-bond acceptors (Lipinski definition) is 2. The van der Waals surface area contributed by atoms with Gasteiger partial charge in [-0.25, -0.2) is 0 Å². The molecular weight excluding hydrogens is 200 g/mol. The molecule has 2 unspecified atom stereocenters. The first-order valence-electron chi connectivity index (χ1n) is 6.69. The minimum Gasteiger partial charge on any atom is -0.339 e. The Morgan fingerprint density at radius 1 is 1.50 bits per heavy atom. The summed E-state index contributed by atoms with van der Waals surface area (Å²) < 4.78 is 0. The lowest BCUT2D eigenvalue weighted by Gasteiger charge is -2.34. The highest BCUT2D eigenvalue weighted by atomic mass is 16.2. The zero-order valence-electron chi connectivity index (χ0n) is 11.0. The van der Waals surface area contributed by atoms with Gasteiger partial charge in [0.15, 0.2) is 0 Å². The topological polar surface area (TPSA) is 32.3 Å². The molecule has 1 N–H and O–H groups in total. The van der Waals surface area contributed by atoms with E-state index in [1.807, 2.05) is 0 Å². The smallest absolute Gasteiger partial charge is 0.223 e. The lowest BCUT2D eigenvalue weighted by molar-refractivity contribution is -0.134. The molecule has 1 fully saturated rings. The molecule has 1 heterocycles. The van der Waals surface area contributed by atoms with E-state index in [-0.39, 0.29) is 0 Å². The second-order valence-corrected chi connectivity index (χ2v) is 4.90. The molecule has 0 aromatic heterocycles. The van der Waals surface area contributed by atoms with Gasteiger partial charge in [0, 0.05) is 25.6 Å². The highest BCUT2D eigenvalue weighted by Gasteiger charge is 2.24. The quantitative estimate of drug-likeness (QED) is 0.778. The normalized spacial score (nSPS) is 22.8. The van der Waals surface area contributed by atoms with Crippen LogP contribution in [0.2, 0.25) is 0 Å². The van der Waals surface area contributed by atoms with Crippen LogP contribution in [0.4, 0.5) is 0 Å². The van der Waals surface area contributed by atoms with Crippen molar-refractivity contribution < 1.29 is 4.79 Å². The monoisotopic (exact) mass is 226 g/mol. The van der Waals surface area contributed by atoms with Crippen molar-refractivity contribution >= 4 is 5.91 Å². The Bertz CT molecular complexity index is 212. The summed E-state index contributed by atoms with van der Waals surface area (Å²) in [5.74, 6) is 0.851. The van der Waals surface area contributed by atoms with Gasteiger partial charge >= 0.3 is 0 Å². The fourth-order valence-electron chi connectivity index (χ4n) is 2.30. The van der Waals surface area contributed by atoms with Crippen molar-refractivity contribution in [2.75, 3.05) is 19.6 Å². The van der Waals surface area contributed by atoms with Gasteiger partial charge in [0.2, 0.25) is 5.91 Å². The number of carbonyl (C=O) groups excluding carboxylic acids is 1. The number of amides is 1. The van der Waals surface area contributed by atoms with Crippen LogP contribution in [0.15, 0.2) is 0 Å². The van der Waals surface area contributed by atoms with Crippen molar-refractivity contribution in [3.63, 3.8) is 0 Å². The number of nitrogens with one attached hydrogen (secondary N) is 1. The summed E-state index contributed by atoms with van der Waals surface area (Å²) in [5.41, 5.74) is 0. The van der Waals surface area contributed by atoms with Crippen molar-refractivity contribution in [3.05, 3.63) is 0 Å². The molecule has 0 aromatic carbocycles. The Labute approximate surface area is 99.6 Å². The predicted octanol–water partition coefficient (Wildman–Crippen LogP) is 2.02. The van der Waals surface area contributed by atoms with E-state index in [0.717, 1.165) is 32.5 Å². The van der Waals surface area contributed by atoms with Gasteiger partial charge in [-0.1, -0.05) is 20.3 Å². The first-order chi connectivity index (χ1) is 7.69. The summed E-state index contributed by atoms with van der Waals surface area (Å²) in [6, 6.07) is 0.426. The second-order valence-electron chi connectivity index (χ2n) is 4.90. The van der Waals surface area contributed by atoms with Crippen LogP contribution < -0.4 is 5.32 Å². The average Bonchev–Trinajstić information content (AvgIpc) is 2.31. The molecule has 0 aliphatic carbocycles. The molecule has 1 amide bonds. The van der Waals surface area contributed by atoms with Crippen molar-refractivity contribution in [2.45, 2.75) is 52.5 Å². The molecule has 1 saturated heterocycles. The van der Waals surface area contributed by atoms with Crippen LogP contribution in [-0.2, 0) is 4.79 Å². The van der Waals surface area contributed by atoms with Gasteiger partial charge in [0.25, 0.3) is 0 Å². The van der Waals surface area contributed by atoms with E-state index >= 15 is 0 Å². The van der Waals surface area contributed by atoms with E-state index < -0.39 is 0 Å². The lowest BCUT2D eigenvalue weighted by Crippen LogP contribution is -2.48. The number of hydrogen-bond donors (Lipinski definition) is 1. The van der Waals surface area contributed by atoms with Gasteiger partial charge in [-0.05, 0) is 32.2 Å². The fraction of sp³-hybridized carbons (Fsp3) is 0.923.